The van der Waals surface area contributed by atoms with E-state index in [4.69, 9.17) is 20.7 Å². The van der Waals surface area contributed by atoms with E-state index in [1.54, 1.807) is 6.07 Å². The fourth-order valence-corrected chi connectivity index (χ4v) is 5.49. The Kier molecular flexibility index (Phi) is 9.23. The van der Waals surface area contributed by atoms with Gasteiger partial charge in [-0.15, -0.1) is 0 Å². The Hall–Kier alpha value is -2.89. The van der Waals surface area contributed by atoms with Gasteiger partial charge < -0.3 is 36.1 Å². The quantitative estimate of drug-likeness (QED) is 0.219. The van der Waals surface area contributed by atoms with Crippen LogP contribution in [0.25, 0.3) is 5.57 Å². The third-order valence-electron chi connectivity index (χ3n) is 7.38. The molecule has 0 amide bonds. The van der Waals surface area contributed by atoms with E-state index in [1.807, 2.05) is 4.90 Å². The highest BCUT2D eigenvalue weighted by Gasteiger charge is 2.35. The monoisotopic (exact) mass is 518 g/mol. The van der Waals surface area contributed by atoms with Crippen molar-refractivity contribution in [2.45, 2.75) is 50.6 Å². The molecule has 4 rings (SSSR count). The molecular formula is C26H36F2N6O3. The minimum atomic E-state index is -2.79. The highest BCUT2D eigenvalue weighted by Crippen LogP contribution is 2.37. The normalized spacial score (nSPS) is 23.0. The number of carbonyl (C=O) groups is 1. The lowest BCUT2D eigenvalue weighted by atomic mass is 9.87. The van der Waals surface area contributed by atoms with Gasteiger partial charge in [0.15, 0.2) is 0 Å². The molecule has 0 radical (unpaired) electrons. The largest absolute Gasteiger partial charge is 0.480 e. The number of carboxylic acid groups (broad SMARTS) is 1. The number of anilines is 1. The number of aryl methyl sites for hydroxylation is 1. The van der Waals surface area contributed by atoms with E-state index in [9.17, 15) is 13.6 Å². The lowest BCUT2D eigenvalue weighted by Gasteiger charge is -2.41. The van der Waals surface area contributed by atoms with Crippen LogP contribution in [0.3, 0.4) is 0 Å². The van der Waals surface area contributed by atoms with Crippen molar-refractivity contribution in [3.8, 4) is 0 Å². The molecule has 2 unspecified atom stereocenters. The van der Waals surface area contributed by atoms with E-state index < -0.39 is 12.4 Å². The summed E-state index contributed by atoms with van der Waals surface area (Å²) < 4.78 is 33.9. The Bertz CT molecular complexity index is 1030. The first-order valence-corrected chi connectivity index (χ1v) is 12.9. The zero-order valence-electron chi connectivity index (χ0n) is 20.9. The standard InChI is InChI=1S/C26H36F2N6O3/c27-25(28)20-11-23-16(10-19(20)17(12-29)13-32-15-24(35)36)2-1-7-34(23)26(30)21-14-31-6-3-22(21)33-18-4-8-37-9-5-18/h10-13,18,21-22,25,29-33H,1-9,14-15H2,(H,35,36)/b17-13+,29-12?,30-26?. The number of nitrogens with zero attached hydrogens (tertiary/aromatic N) is 1. The van der Waals surface area contributed by atoms with Crippen LogP contribution in [0.15, 0.2) is 18.3 Å². The lowest BCUT2D eigenvalue weighted by molar-refractivity contribution is -0.135. The van der Waals surface area contributed by atoms with Gasteiger partial charge >= 0.3 is 5.97 Å². The van der Waals surface area contributed by atoms with E-state index in [0.29, 0.717) is 37.1 Å². The van der Waals surface area contributed by atoms with Crippen molar-refractivity contribution in [1.29, 1.82) is 10.8 Å². The third-order valence-corrected chi connectivity index (χ3v) is 7.38. The number of fused-ring (bicyclic) bond motifs is 1. The van der Waals surface area contributed by atoms with Crippen LogP contribution in [0.2, 0.25) is 0 Å². The fraction of sp³-hybridized carbons (Fsp3) is 0.577. The van der Waals surface area contributed by atoms with E-state index in [0.717, 1.165) is 57.2 Å². The van der Waals surface area contributed by atoms with Crippen molar-refractivity contribution in [2.75, 3.05) is 44.3 Å². The van der Waals surface area contributed by atoms with Crippen LogP contribution in [-0.2, 0) is 16.0 Å². The predicted octanol–water partition coefficient (Wildman–Crippen LogP) is 2.77. The summed E-state index contributed by atoms with van der Waals surface area (Å²) in [7, 11) is 0. The van der Waals surface area contributed by atoms with E-state index in [1.165, 1.54) is 12.3 Å². The first-order chi connectivity index (χ1) is 17.9. The summed E-state index contributed by atoms with van der Waals surface area (Å²) in [5, 5.41) is 35.5. The second-order valence-electron chi connectivity index (χ2n) is 9.79. The Morgan fingerprint density at radius 1 is 1.30 bits per heavy atom. The van der Waals surface area contributed by atoms with Gasteiger partial charge in [-0.25, -0.2) is 8.78 Å². The third kappa shape index (κ3) is 6.52. The van der Waals surface area contributed by atoms with Crippen molar-refractivity contribution >= 4 is 29.3 Å². The Morgan fingerprint density at radius 3 is 2.78 bits per heavy atom. The number of carboxylic acids is 1. The minimum Gasteiger partial charge on any atom is -0.480 e. The number of allylic oxidation sites excluding steroid dienone is 1. The van der Waals surface area contributed by atoms with Crippen molar-refractivity contribution in [2.24, 2.45) is 5.92 Å². The molecule has 0 bridgehead atoms. The molecular weight excluding hydrogens is 482 g/mol. The van der Waals surface area contributed by atoms with Crippen molar-refractivity contribution in [3.63, 3.8) is 0 Å². The number of hydrogen-bond acceptors (Lipinski definition) is 7. The Labute approximate surface area is 215 Å². The molecule has 0 spiro atoms. The average molecular weight is 519 g/mol. The van der Waals surface area contributed by atoms with Crippen LogP contribution in [-0.4, -0.2) is 74.6 Å². The van der Waals surface area contributed by atoms with Gasteiger partial charge in [-0.2, -0.15) is 0 Å². The maximum absolute atomic E-state index is 14.2. The van der Waals surface area contributed by atoms with Gasteiger partial charge in [0.1, 0.15) is 12.4 Å². The number of halogens is 2. The summed E-state index contributed by atoms with van der Waals surface area (Å²) in [6, 6.07) is 3.61. The number of piperidine rings is 1. The van der Waals surface area contributed by atoms with E-state index in [2.05, 4.69) is 16.0 Å². The van der Waals surface area contributed by atoms with Crippen LogP contribution < -0.4 is 20.9 Å². The number of nitrogens with one attached hydrogen (secondary N) is 5. The summed E-state index contributed by atoms with van der Waals surface area (Å²) in [6.45, 7) is 3.20. The molecule has 0 aromatic heterocycles. The molecule has 2 fully saturated rings. The van der Waals surface area contributed by atoms with Gasteiger partial charge in [0.25, 0.3) is 6.43 Å². The molecule has 6 N–H and O–H groups in total. The van der Waals surface area contributed by atoms with E-state index in [-0.39, 0.29) is 35.2 Å². The number of benzene rings is 1. The first-order valence-electron chi connectivity index (χ1n) is 12.9. The SMILES string of the molecule is N=C/C(=C\NCC(=O)O)c1cc2c(cc1C(F)F)N(C(=N)C1CNCCC1NC1CCOCC1)CCC2. The molecule has 3 heterocycles. The van der Waals surface area contributed by atoms with Gasteiger partial charge in [0.05, 0.1) is 0 Å². The summed E-state index contributed by atoms with van der Waals surface area (Å²) >= 11 is 0. The molecule has 0 saturated carbocycles. The second kappa shape index (κ2) is 12.6. The van der Waals surface area contributed by atoms with Crippen LogP contribution in [0, 0.1) is 16.7 Å². The molecule has 1 aromatic rings. The van der Waals surface area contributed by atoms with Crippen molar-refractivity contribution in [1.82, 2.24) is 16.0 Å². The number of rotatable bonds is 9. The number of alkyl halides is 2. The van der Waals surface area contributed by atoms with Crippen LogP contribution in [0.4, 0.5) is 14.5 Å². The minimum absolute atomic E-state index is 0.0885. The molecule has 9 nitrogen and oxygen atoms in total. The van der Waals surface area contributed by atoms with Crippen LogP contribution in [0.5, 0.6) is 0 Å². The lowest BCUT2D eigenvalue weighted by Crippen LogP contribution is -2.57. The van der Waals surface area contributed by atoms with Crippen LogP contribution >= 0.6 is 0 Å². The summed E-state index contributed by atoms with van der Waals surface area (Å²) in [5.74, 6) is -0.748. The van der Waals surface area contributed by atoms with Gasteiger partial charge in [-0.3, -0.25) is 10.2 Å². The Morgan fingerprint density at radius 2 is 2.08 bits per heavy atom. The number of aliphatic carboxylic acids is 1. The molecule has 3 aliphatic heterocycles. The fourth-order valence-electron chi connectivity index (χ4n) is 5.49. The van der Waals surface area contributed by atoms with Gasteiger partial charge in [0, 0.05) is 73.5 Å². The molecule has 202 valence electrons. The summed E-state index contributed by atoms with van der Waals surface area (Å²) in [6.07, 6.45) is 3.69. The summed E-state index contributed by atoms with van der Waals surface area (Å²) in [4.78, 5) is 12.7. The van der Waals surface area contributed by atoms with Crippen molar-refractivity contribution < 1.29 is 23.4 Å². The number of amidine groups is 1. The molecule has 1 aromatic carbocycles. The van der Waals surface area contributed by atoms with E-state index >= 15 is 0 Å². The zero-order valence-corrected chi connectivity index (χ0v) is 20.9. The molecule has 2 atom stereocenters. The summed E-state index contributed by atoms with van der Waals surface area (Å²) in [5.41, 5.74) is 1.62. The molecule has 0 aliphatic carbocycles. The zero-order chi connectivity index (χ0) is 26.4. The topological polar surface area (TPSA) is 134 Å². The predicted molar refractivity (Wildman–Crippen MR) is 139 cm³/mol. The average Bonchev–Trinajstić information content (AvgIpc) is 2.90. The smallest absolute Gasteiger partial charge is 0.322 e. The second-order valence-corrected chi connectivity index (χ2v) is 9.79. The van der Waals surface area contributed by atoms with Gasteiger partial charge in [0.2, 0.25) is 0 Å². The maximum Gasteiger partial charge on any atom is 0.322 e. The first kappa shape index (κ1) is 27.2. The highest BCUT2D eigenvalue weighted by molar-refractivity contribution is 6.09. The maximum atomic E-state index is 14.2. The molecule has 37 heavy (non-hydrogen) atoms. The number of hydrogen-bond donors (Lipinski definition) is 6. The number of ether oxygens (including phenoxy) is 1. The molecule has 11 heteroatoms. The molecule has 2 saturated heterocycles. The van der Waals surface area contributed by atoms with Crippen molar-refractivity contribution in [3.05, 3.63) is 35.0 Å². The van der Waals surface area contributed by atoms with Crippen LogP contribution in [0.1, 0.15) is 48.8 Å². The van der Waals surface area contributed by atoms with Gasteiger partial charge in [-0.1, -0.05) is 0 Å². The van der Waals surface area contributed by atoms with Gasteiger partial charge in [-0.05, 0) is 61.9 Å². The highest BCUT2D eigenvalue weighted by atomic mass is 19.3. The Balaban J connectivity index is 1.61. The molecule has 3 aliphatic rings.